The molecule has 2 aromatic carbocycles. The van der Waals surface area contributed by atoms with Crippen molar-refractivity contribution in [2.24, 2.45) is 0 Å². The minimum Gasteiger partial charge on any atom is -0.359 e. The summed E-state index contributed by atoms with van der Waals surface area (Å²) in [5.74, 6) is -1.24. The molecule has 0 aliphatic carbocycles. The van der Waals surface area contributed by atoms with E-state index in [1.807, 2.05) is 43.3 Å². The molecule has 0 unspecified atom stereocenters. The number of nitrogens with one attached hydrogen (secondary N) is 1. The minimum atomic E-state index is -0.595. The molecule has 4 heterocycles. The van der Waals surface area contributed by atoms with E-state index in [0.717, 1.165) is 21.3 Å². The second kappa shape index (κ2) is 9.29. The highest BCUT2D eigenvalue weighted by atomic mass is 32.1. The summed E-state index contributed by atoms with van der Waals surface area (Å²) in [6.07, 6.45) is 3.25. The first kappa shape index (κ1) is 23.1. The molecule has 5 aromatic rings. The Kier molecular flexibility index (Phi) is 5.81. The zero-order valence-corrected chi connectivity index (χ0v) is 21.0. The lowest BCUT2D eigenvalue weighted by atomic mass is 10.1. The molecule has 0 spiro atoms. The molecular formula is C29H24N4O3S. The lowest BCUT2D eigenvalue weighted by molar-refractivity contribution is -0.130. The number of aromatic nitrogens is 2. The number of Topliss-reactive ketones (excluding diaryl/α,β-unsaturated/α-hetero) is 1. The number of nitrogens with zero attached hydrogens (tertiary/aromatic N) is 3. The Bertz CT molecular complexity index is 1620. The molecule has 0 saturated carbocycles. The van der Waals surface area contributed by atoms with Gasteiger partial charge in [-0.05, 0) is 42.6 Å². The Morgan fingerprint density at radius 3 is 2.57 bits per heavy atom. The molecule has 0 radical (unpaired) electrons. The smallest absolute Gasteiger partial charge is 0.295 e. The number of hydrogen-bond acceptors (Lipinski definition) is 5. The van der Waals surface area contributed by atoms with Gasteiger partial charge in [0.15, 0.2) is 0 Å². The van der Waals surface area contributed by atoms with Gasteiger partial charge in [-0.1, -0.05) is 36.4 Å². The van der Waals surface area contributed by atoms with E-state index in [4.69, 9.17) is 0 Å². The number of thiophene rings is 1. The molecule has 7 nitrogen and oxygen atoms in total. The van der Waals surface area contributed by atoms with Crippen molar-refractivity contribution in [2.45, 2.75) is 13.0 Å². The largest absolute Gasteiger partial charge is 0.359 e. The van der Waals surface area contributed by atoms with Crippen LogP contribution in [0.2, 0.25) is 0 Å². The van der Waals surface area contributed by atoms with Crippen molar-refractivity contribution >= 4 is 50.1 Å². The van der Waals surface area contributed by atoms with Crippen LogP contribution in [0.15, 0.2) is 79.1 Å². The number of aromatic amines is 1. The molecule has 3 aromatic heterocycles. The number of carbonyl (C=O) groups excluding carboxylic acids is 3. The molecule has 1 aliphatic rings. The number of ketones is 1. The van der Waals surface area contributed by atoms with Gasteiger partial charge in [0.2, 0.25) is 0 Å². The molecule has 6 rings (SSSR count). The fourth-order valence-electron chi connectivity index (χ4n) is 4.97. The summed E-state index contributed by atoms with van der Waals surface area (Å²) in [7, 11) is 0. The predicted octanol–water partition coefficient (Wildman–Crippen LogP) is 5.00. The van der Waals surface area contributed by atoms with Crippen LogP contribution in [0.5, 0.6) is 0 Å². The highest BCUT2D eigenvalue weighted by Crippen LogP contribution is 2.37. The maximum atomic E-state index is 13.4. The first-order valence-electron chi connectivity index (χ1n) is 12.2. The van der Waals surface area contributed by atoms with E-state index in [0.29, 0.717) is 30.7 Å². The molecule has 1 fully saturated rings. The summed E-state index contributed by atoms with van der Waals surface area (Å²) < 4.78 is 1.18. The van der Waals surface area contributed by atoms with Gasteiger partial charge in [0.05, 0.1) is 16.6 Å². The van der Waals surface area contributed by atoms with Crippen LogP contribution in [0.3, 0.4) is 0 Å². The summed E-state index contributed by atoms with van der Waals surface area (Å²) in [6.45, 7) is 2.91. The first-order valence-corrected chi connectivity index (χ1v) is 13.0. The zero-order valence-electron chi connectivity index (χ0n) is 20.2. The number of carbonyl (C=O) groups is 3. The second-order valence-corrected chi connectivity index (χ2v) is 10.3. The molecule has 1 atom stereocenters. The summed E-state index contributed by atoms with van der Waals surface area (Å²) in [6, 6.07) is 21.0. The van der Waals surface area contributed by atoms with Gasteiger partial charge in [0.1, 0.15) is 0 Å². The van der Waals surface area contributed by atoms with Crippen LogP contribution >= 0.6 is 11.3 Å². The molecule has 37 heavy (non-hydrogen) atoms. The van der Waals surface area contributed by atoms with Crippen molar-refractivity contribution in [3.63, 3.8) is 0 Å². The Labute approximate surface area is 217 Å². The van der Waals surface area contributed by atoms with Gasteiger partial charge in [-0.2, -0.15) is 0 Å². The maximum absolute atomic E-state index is 13.4. The number of H-pyrrole nitrogens is 1. The Morgan fingerprint density at radius 2 is 1.78 bits per heavy atom. The van der Waals surface area contributed by atoms with Gasteiger partial charge in [0.25, 0.3) is 17.6 Å². The third-order valence-corrected chi connectivity index (χ3v) is 8.04. The van der Waals surface area contributed by atoms with Crippen LogP contribution in [0.25, 0.3) is 31.6 Å². The molecule has 1 N–H and O–H groups in total. The molecule has 0 bridgehead atoms. The van der Waals surface area contributed by atoms with E-state index in [-0.39, 0.29) is 17.5 Å². The van der Waals surface area contributed by atoms with Crippen molar-refractivity contribution in [1.82, 2.24) is 19.8 Å². The lowest BCUT2D eigenvalue weighted by Crippen LogP contribution is -2.56. The highest BCUT2D eigenvalue weighted by Gasteiger charge is 2.34. The first-order chi connectivity index (χ1) is 18.0. The zero-order chi connectivity index (χ0) is 25.5. The Hall–Kier alpha value is -4.30. The average Bonchev–Trinajstić information content (AvgIpc) is 3.57. The van der Waals surface area contributed by atoms with Crippen molar-refractivity contribution in [1.29, 1.82) is 0 Å². The van der Waals surface area contributed by atoms with Gasteiger partial charge >= 0.3 is 0 Å². The Balaban J connectivity index is 1.23. The van der Waals surface area contributed by atoms with Gasteiger partial charge in [-0.25, -0.2) is 0 Å². The number of rotatable bonds is 4. The fraction of sp³-hybridized carbons (Fsp3) is 0.172. The van der Waals surface area contributed by atoms with Crippen LogP contribution in [-0.4, -0.2) is 63.0 Å². The maximum Gasteiger partial charge on any atom is 0.295 e. The van der Waals surface area contributed by atoms with E-state index in [1.54, 1.807) is 45.7 Å². The number of piperazine rings is 1. The third kappa shape index (κ3) is 4.09. The molecule has 1 aliphatic heterocycles. The summed E-state index contributed by atoms with van der Waals surface area (Å²) in [5, 5.41) is 1.16. The highest BCUT2D eigenvalue weighted by molar-refractivity contribution is 7.22. The summed E-state index contributed by atoms with van der Waals surface area (Å²) in [5.41, 5.74) is 3.04. The predicted molar refractivity (Wildman–Crippen MR) is 145 cm³/mol. The van der Waals surface area contributed by atoms with Gasteiger partial charge in [-0.3, -0.25) is 19.4 Å². The lowest BCUT2D eigenvalue weighted by Gasteiger charge is -2.39. The van der Waals surface area contributed by atoms with E-state index in [1.165, 1.54) is 4.70 Å². The SMILES string of the molecule is C[C@H]1CN(C(=O)c2ccccc2)CCN1C(=O)C(=O)c1c[nH]c2c(-c3cc4ccccc4s3)ccnc12. The van der Waals surface area contributed by atoms with Crippen molar-refractivity contribution in [3.05, 3.63) is 90.3 Å². The van der Waals surface area contributed by atoms with Crippen LogP contribution in [0, 0.1) is 0 Å². The van der Waals surface area contributed by atoms with E-state index in [9.17, 15) is 14.4 Å². The topological polar surface area (TPSA) is 86.4 Å². The Morgan fingerprint density at radius 1 is 1.00 bits per heavy atom. The van der Waals surface area contributed by atoms with E-state index in [2.05, 4.69) is 28.2 Å². The number of pyridine rings is 1. The molecular weight excluding hydrogens is 484 g/mol. The monoisotopic (exact) mass is 508 g/mol. The van der Waals surface area contributed by atoms with E-state index >= 15 is 0 Å². The quantitative estimate of drug-likeness (QED) is 0.273. The number of benzene rings is 2. The van der Waals surface area contributed by atoms with Crippen LogP contribution in [0.1, 0.15) is 27.6 Å². The van der Waals surface area contributed by atoms with Crippen LogP contribution < -0.4 is 0 Å². The van der Waals surface area contributed by atoms with Crippen molar-refractivity contribution in [2.75, 3.05) is 19.6 Å². The van der Waals surface area contributed by atoms with Crippen molar-refractivity contribution in [3.8, 4) is 10.4 Å². The average molecular weight is 509 g/mol. The fourth-order valence-corrected chi connectivity index (χ4v) is 6.06. The molecule has 2 amide bonds. The minimum absolute atomic E-state index is 0.0690. The number of amides is 2. The molecule has 8 heteroatoms. The van der Waals surface area contributed by atoms with Gasteiger partial charge in [0, 0.05) is 58.8 Å². The molecule has 1 saturated heterocycles. The van der Waals surface area contributed by atoms with Crippen molar-refractivity contribution < 1.29 is 14.4 Å². The summed E-state index contributed by atoms with van der Waals surface area (Å²) in [4.78, 5) is 51.5. The normalized spacial score (nSPS) is 15.9. The number of fused-ring (bicyclic) bond motifs is 2. The number of hydrogen-bond donors (Lipinski definition) is 1. The third-order valence-electron chi connectivity index (χ3n) is 6.89. The summed E-state index contributed by atoms with van der Waals surface area (Å²) >= 11 is 1.67. The van der Waals surface area contributed by atoms with E-state index < -0.39 is 11.7 Å². The van der Waals surface area contributed by atoms with Crippen LogP contribution in [-0.2, 0) is 4.79 Å². The standard InChI is InChI=1S/C29H24N4O3S/c1-18-17-32(28(35)19-7-3-2-4-8-19)13-14-33(18)29(36)27(34)22-16-31-25-21(11-12-30-26(22)25)24-15-20-9-5-6-10-23(20)37-24/h2-12,15-16,18,31H,13-14,17H2,1H3/t18-/m0/s1. The van der Waals surface area contributed by atoms with Crippen LogP contribution in [0.4, 0.5) is 0 Å². The van der Waals surface area contributed by atoms with Gasteiger partial charge < -0.3 is 14.8 Å². The van der Waals surface area contributed by atoms with Gasteiger partial charge in [-0.15, -0.1) is 11.3 Å². The second-order valence-electron chi connectivity index (χ2n) is 9.23. The molecule has 184 valence electrons.